The molecule has 0 radical (unpaired) electrons. The van der Waals surface area contributed by atoms with E-state index in [4.69, 9.17) is 0 Å². The van der Waals surface area contributed by atoms with Crippen LogP contribution in [0, 0.1) is 17.0 Å². The van der Waals surface area contributed by atoms with Crippen LogP contribution in [0.2, 0.25) is 0 Å². The summed E-state index contributed by atoms with van der Waals surface area (Å²) in [7, 11) is 0. The molecule has 5 nitrogen and oxygen atoms in total. The van der Waals surface area contributed by atoms with E-state index in [1.165, 1.54) is 17.8 Å². The van der Waals surface area contributed by atoms with Gasteiger partial charge in [-0.25, -0.2) is 0 Å². The molecule has 0 spiro atoms. The molecule has 2 aromatic rings. The Morgan fingerprint density at radius 3 is 2.79 bits per heavy atom. The van der Waals surface area contributed by atoms with Crippen molar-refractivity contribution in [3.63, 3.8) is 0 Å². The minimum Gasteiger partial charge on any atom is -0.308 e. The van der Waals surface area contributed by atoms with E-state index in [1.54, 1.807) is 17.0 Å². The molecule has 2 aromatic carbocycles. The lowest BCUT2D eigenvalue weighted by Crippen LogP contribution is -2.36. The van der Waals surface area contributed by atoms with Gasteiger partial charge in [-0.1, -0.05) is 18.2 Å². The largest absolute Gasteiger partial charge is 0.308 e. The Morgan fingerprint density at radius 1 is 1.29 bits per heavy atom. The topological polar surface area (TPSA) is 63.5 Å². The summed E-state index contributed by atoms with van der Waals surface area (Å²) < 4.78 is 0. The Bertz CT molecular complexity index is 820. The molecule has 0 N–H and O–H groups in total. The van der Waals surface area contributed by atoms with E-state index in [1.807, 2.05) is 31.4 Å². The Labute approximate surface area is 144 Å². The Morgan fingerprint density at radius 2 is 2.08 bits per heavy atom. The first-order valence-electron chi connectivity index (χ1n) is 7.75. The van der Waals surface area contributed by atoms with Crippen LogP contribution in [0.25, 0.3) is 0 Å². The smallest absolute Gasteiger partial charge is 0.282 e. The van der Waals surface area contributed by atoms with Gasteiger partial charge in [-0.15, -0.1) is 11.8 Å². The Balaban J connectivity index is 2.10. The molecule has 0 aromatic heterocycles. The van der Waals surface area contributed by atoms with Crippen LogP contribution >= 0.6 is 11.8 Å². The maximum atomic E-state index is 13.1. The van der Waals surface area contributed by atoms with Crippen molar-refractivity contribution in [2.75, 3.05) is 17.7 Å². The van der Waals surface area contributed by atoms with E-state index in [9.17, 15) is 14.9 Å². The third-order valence-electron chi connectivity index (χ3n) is 4.30. The number of hydrogen-bond donors (Lipinski definition) is 0. The fourth-order valence-electron chi connectivity index (χ4n) is 3.17. The Hall–Kier alpha value is -2.34. The molecule has 0 atom stereocenters. The summed E-state index contributed by atoms with van der Waals surface area (Å²) in [5, 5.41) is 11.3. The first-order chi connectivity index (χ1) is 11.5. The molecule has 0 saturated carbocycles. The molecule has 6 heteroatoms. The van der Waals surface area contributed by atoms with Crippen LogP contribution in [0.15, 0.2) is 41.3 Å². The average molecular weight is 342 g/mol. The van der Waals surface area contributed by atoms with Gasteiger partial charge in [-0.2, -0.15) is 0 Å². The zero-order chi connectivity index (χ0) is 17.3. The van der Waals surface area contributed by atoms with Crippen LogP contribution in [-0.2, 0) is 6.42 Å². The van der Waals surface area contributed by atoms with Crippen LogP contribution in [0.5, 0.6) is 0 Å². The summed E-state index contributed by atoms with van der Waals surface area (Å²) in [6.07, 6.45) is 3.67. The Kier molecular flexibility index (Phi) is 4.57. The number of anilines is 1. The van der Waals surface area contributed by atoms with Gasteiger partial charge in [-0.3, -0.25) is 14.9 Å². The minimum absolute atomic E-state index is 0.140. The van der Waals surface area contributed by atoms with Crippen molar-refractivity contribution in [2.24, 2.45) is 0 Å². The second-order valence-corrected chi connectivity index (χ2v) is 6.66. The molecule has 1 heterocycles. The third-order valence-corrected chi connectivity index (χ3v) is 5.02. The molecule has 3 rings (SSSR count). The number of nitro benzene ring substituents is 1. The van der Waals surface area contributed by atoms with Gasteiger partial charge in [0, 0.05) is 17.5 Å². The number of nitro groups is 1. The van der Waals surface area contributed by atoms with Crippen LogP contribution in [-0.4, -0.2) is 23.6 Å². The zero-order valence-electron chi connectivity index (χ0n) is 13.6. The molecule has 24 heavy (non-hydrogen) atoms. The fourth-order valence-corrected chi connectivity index (χ4v) is 3.61. The number of amides is 1. The quantitative estimate of drug-likeness (QED) is 0.476. The number of carbonyl (C=O) groups is 1. The van der Waals surface area contributed by atoms with E-state index < -0.39 is 4.92 Å². The number of thioether (sulfide) groups is 1. The second-order valence-electron chi connectivity index (χ2n) is 5.78. The van der Waals surface area contributed by atoms with Gasteiger partial charge in [-0.05, 0) is 49.3 Å². The predicted molar refractivity (Wildman–Crippen MR) is 96.1 cm³/mol. The highest BCUT2D eigenvalue weighted by atomic mass is 32.2. The van der Waals surface area contributed by atoms with Crippen molar-refractivity contribution in [3.8, 4) is 0 Å². The van der Waals surface area contributed by atoms with E-state index >= 15 is 0 Å². The second kappa shape index (κ2) is 6.65. The average Bonchev–Trinajstić information content (AvgIpc) is 2.60. The number of benzene rings is 2. The zero-order valence-corrected chi connectivity index (χ0v) is 14.4. The highest BCUT2D eigenvalue weighted by molar-refractivity contribution is 7.98. The van der Waals surface area contributed by atoms with Gasteiger partial charge in [0.25, 0.3) is 11.6 Å². The minimum atomic E-state index is -0.486. The summed E-state index contributed by atoms with van der Waals surface area (Å²) >= 11 is 1.46. The molecule has 0 bridgehead atoms. The van der Waals surface area contributed by atoms with E-state index in [-0.39, 0.29) is 17.2 Å². The van der Waals surface area contributed by atoms with Crippen molar-refractivity contribution in [1.82, 2.24) is 0 Å². The number of hydrogen-bond acceptors (Lipinski definition) is 4. The molecule has 124 valence electrons. The van der Waals surface area contributed by atoms with Gasteiger partial charge < -0.3 is 4.90 Å². The monoisotopic (exact) mass is 342 g/mol. The van der Waals surface area contributed by atoms with Crippen molar-refractivity contribution < 1.29 is 9.72 Å². The maximum Gasteiger partial charge on any atom is 0.282 e. The molecule has 1 amide bonds. The van der Waals surface area contributed by atoms with E-state index in [0.29, 0.717) is 6.54 Å². The van der Waals surface area contributed by atoms with Crippen LogP contribution in [0.3, 0.4) is 0 Å². The van der Waals surface area contributed by atoms with Crippen LogP contribution < -0.4 is 4.90 Å². The molecular weight excluding hydrogens is 324 g/mol. The summed E-state index contributed by atoms with van der Waals surface area (Å²) in [4.78, 5) is 26.5. The van der Waals surface area contributed by atoms with Gasteiger partial charge in [0.2, 0.25) is 0 Å². The molecule has 1 aliphatic heterocycles. The number of carbonyl (C=O) groups excluding carboxylic acids is 1. The lowest BCUT2D eigenvalue weighted by Gasteiger charge is -2.31. The molecular formula is C18H18N2O3S. The molecule has 0 unspecified atom stereocenters. The van der Waals surface area contributed by atoms with Gasteiger partial charge >= 0.3 is 0 Å². The van der Waals surface area contributed by atoms with Gasteiger partial charge in [0.05, 0.1) is 10.6 Å². The van der Waals surface area contributed by atoms with E-state index in [0.717, 1.165) is 34.6 Å². The van der Waals surface area contributed by atoms with Crippen LogP contribution in [0.1, 0.15) is 27.9 Å². The van der Waals surface area contributed by atoms with Crippen molar-refractivity contribution >= 4 is 29.0 Å². The predicted octanol–water partition coefficient (Wildman–Crippen LogP) is 4.22. The summed E-state index contributed by atoms with van der Waals surface area (Å²) in [6, 6.07) is 10.7. The number of nitrogens with zero attached hydrogens (tertiary/aromatic N) is 2. The standard InChI is InChI=1S/C18H18N2O3S/c1-12-5-3-6-13-7-4-10-19(17(12)13)18(21)15-11-14(24-2)8-9-16(15)20(22)23/h3,5-6,8-9,11H,4,7,10H2,1-2H3. The third kappa shape index (κ3) is 2.89. The lowest BCUT2D eigenvalue weighted by molar-refractivity contribution is -0.385. The van der Waals surface area contributed by atoms with Gasteiger partial charge in [0.15, 0.2) is 0 Å². The first kappa shape index (κ1) is 16.5. The molecule has 0 fully saturated rings. The summed E-state index contributed by atoms with van der Waals surface area (Å²) in [5.41, 5.74) is 3.06. The molecule has 0 saturated heterocycles. The summed E-state index contributed by atoms with van der Waals surface area (Å²) in [6.45, 7) is 2.55. The first-order valence-corrected chi connectivity index (χ1v) is 8.98. The number of rotatable bonds is 3. The normalized spacial score (nSPS) is 13.5. The van der Waals surface area contributed by atoms with Crippen molar-refractivity contribution in [3.05, 3.63) is 63.2 Å². The number of para-hydroxylation sites is 1. The lowest BCUT2D eigenvalue weighted by atomic mass is 9.97. The molecule has 1 aliphatic rings. The van der Waals surface area contributed by atoms with E-state index in [2.05, 4.69) is 0 Å². The fraction of sp³-hybridized carbons (Fsp3) is 0.278. The SMILES string of the molecule is CSc1ccc([N+](=O)[O-])c(C(=O)N2CCCc3cccc(C)c32)c1. The van der Waals surface area contributed by atoms with Crippen LogP contribution in [0.4, 0.5) is 11.4 Å². The summed E-state index contributed by atoms with van der Waals surface area (Å²) in [5.74, 6) is -0.298. The van der Waals surface area contributed by atoms with Crippen molar-refractivity contribution in [1.29, 1.82) is 0 Å². The number of fused-ring (bicyclic) bond motifs is 1. The highest BCUT2D eigenvalue weighted by Crippen LogP contribution is 2.34. The van der Waals surface area contributed by atoms with Gasteiger partial charge in [0.1, 0.15) is 5.56 Å². The number of aryl methyl sites for hydroxylation is 2. The highest BCUT2D eigenvalue weighted by Gasteiger charge is 2.29. The molecule has 0 aliphatic carbocycles. The maximum absolute atomic E-state index is 13.1. The van der Waals surface area contributed by atoms with Crippen molar-refractivity contribution in [2.45, 2.75) is 24.7 Å².